The van der Waals surface area contributed by atoms with Gasteiger partial charge in [0.15, 0.2) is 5.78 Å². The van der Waals surface area contributed by atoms with Gasteiger partial charge in [0.2, 0.25) is 0 Å². The van der Waals surface area contributed by atoms with E-state index in [0.717, 1.165) is 31.4 Å². The summed E-state index contributed by atoms with van der Waals surface area (Å²) in [7, 11) is 1.75. The SMILES string of the molecule is COc1cccc2c1CC[C@@H]([C@@H]1C=CC(=O)CC1)C2. The first-order valence-electron chi connectivity index (χ1n) is 7.13. The van der Waals surface area contributed by atoms with Gasteiger partial charge in [0.05, 0.1) is 7.11 Å². The van der Waals surface area contributed by atoms with Crippen LogP contribution in [0, 0.1) is 11.8 Å². The van der Waals surface area contributed by atoms with E-state index in [4.69, 9.17) is 4.74 Å². The number of carbonyl (C=O) groups is 1. The van der Waals surface area contributed by atoms with Gasteiger partial charge in [-0.1, -0.05) is 18.2 Å². The van der Waals surface area contributed by atoms with Crippen molar-refractivity contribution in [2.45, 2.75) is 32.1 Å². The van der Waals surface area contributed by atoms with Crippen molar-refractivity contribution >= 4 is 5.78 Å². The highest BCUT2D eigenvalue weighted by Gasteiger charge is 2.27. The van der Waals surface area contributed by atoms with Crippen LogP contribution in [0.5, 0.6) is 5.75 Å². The number of ketones is 1. The second-order valence-corrected chi connectivity index (χ2v) is 5.63. The number of methoxy groups -OCH3 is 1. The minimum absolute atomic E-state index is 0.286. The fourth-order valence-corrected chi connectivity index (χ4v) is 3.47. The summed E-state index contributed by atoms with van der Waals surface area (Å²) in [5.41, 5.74) is 2.82. The molecule has 0 aliphatic heterocycles. The number of ether oxygens (including phenoxy) is 1. The second kappa shape index (κ2) is 5.20. The quantitative estimate of drug-likeness (QED) is 0.811. The summed E-state index contributed by atoms with van der Waals surface area (Å²) in [6, 6.07) is 6.36. The highest BCUT2D eigenvalue weighted by atomic mass is 16.5. The van der Waals surface area contributed by atoms with Crippen molar-refractivity contribution in [2.24, 2.45) is 11.8 Å². The Hall–Kier alpha value is -1.57. The van der Waals surface area contributed by atoms with E-state index in [2.05, 4.69) is 24.3 Å². The van der Waals surface area contributed by atoms with Crippen LogP contribution in [0.3, 0.4) is 0 Å². The van der Waals surface area contributed by atoms with Crippen molar-refractivity contribution in [1.82, 2.24) is 0 Å². The first-order valence-corrected chi connectivity index (χ1v) is 7.13. The van der Waals surface area contributed by atoms with Crippen LogP contribution < -0.4 is 4.74 Å². The minimum Gasteiger partial charge on any atom is -0.496 e. The average Bonchev–Trinajstić information content (AvgIpc) is 2.47. The predicted molar refractivity (Wildman–Crippen MR) is 75.4 cm³/mol. The Morgan fingerprint density at radius 2 is 2.11 bits per heavy atom. The Balaban J connectivity index is 1.79. The van der Waals surface area contributed by atoms with Gasteiger partial charge in [0.25, 0.3) is 0 Å². The lowest BCUT2D eigenvalue weighted by molar-refractivity contribution is -0.115. The molecule has 2 nitrogen and oxygen atoms in total. The summed E-state index contributed by atoms with van der Waals surface area (Å²) in [4.78, 5) is 11.3. The number of allylic oxidation sites excluding steroid dienone is 2. The lowest BCUT2D eigenvalue weighted by Gasteiger charge is -2.31. The zero-order chi connectivity index (χ0) is 13.2. The topological polar surface area (TPSA) is 26.3 Å². The third-order valence-corrected chi connectivity index (χ3v) is 4.56. The van der Waals surface area contributed by atoms with Crippen LogP contribution in [0.25, 0.3) is 0 Å². The Kier molecular flexibility index (Phi) is 3.41. The monoisotopic (exact) mass is 256 g/mol. The van der Waals surface area contributed by atoms with Gasteiger partial charge in [-0.25, -0.2) is 0 Å². The Morgan fingerprint density at radius 1 is 1.21 bits per heavy atom. The van der Waals surface area contributed by atoms with E-state index < -0.39 is 0 Å². The minimum atomic E-state index is 0.286. The molecule has 0 bridgehead atoms. The molecule has 2 atom stereocenters. The van der Waals surface area contributed by atoms with Crippen molar-refractivity contribution in [3.8, 4) is 5.75 Å². The van der Waals surface area contributed by atoms with E-state index in [1.54, 1.807) is 13.2 Å². The number of carbonyl (C=O) groups excluding carboxylic acids is 1. The fraction of sp³-hybridized carbons (Fsp3) is 0.471. The molecule has 0 fully saturated rings. The van der Waals surface area contributed by atoms with Crippen LogP contribution >= 0.6 is 0 Å². The van der Waals surface area contributed by atoms with Crippen LogP contribution in [0.4, 0.5) is 0 Å². The zero-order valence-corrected chi connectivity index (χ0v) is 11.4. The summed E-state index contributed by atoms with van der Waals surface area (Å²) < 4.78 is 5.45. The van der Waals surface area contributed by atoms with Crippen molar-refractivity contribution in [2.75, 3.05) is 7.11 Å². The molecule has 19 heavy (non-hydrogen) atoms. The molecule has 3 rings (SSSR count). The van der Waals surface area contributed by atoms with Gasteiger partial charge in [0.1, 0.15) is 5.75 Å². The molecule has 0 unspecified atom stereocenters. The van der Waals surface area contributed by atoms with Crippen LogP contribution in [-0.2, 0) is 17.6 Å². The number of rotatable bonds is 2. The molecule has 0 saturated heterocycles. The molecule has 0 heterocycles. The number of hydrogen-bond acceptors (Lipinski definition) is 2. The Morgan fingerprint density at radius 3 is 2.84 bits per heavy atom. The highest BCUT2D eigenvalue weighted by molar-refractivity contribution is 5.90. The molecule has 2 aliphatic rings. The zero-order valence-electron chi connectivity index (χ0n) is 11.4. The fourth-order valence-electron chi connectivity index (χ4n) is 3.47. The maximum absolute atomic E-state index is 11.3. The number of benzene rings is 1. The van der Waals surface area contributed by atoms with E-state index in [1.807, 2.05) is 0 Å². The molecule has 100 valence electrons. The van der Waals surface area contributed by atoms with E-state index in [1.165, 1.54) is 17.5 Å². The largest absolute Gasteiger partial charge is 0.496 e. The van der Waals surface area contributed by atoms with E-state index in [0.29, 0.717) is 11.8 Å². The summed E-state index contributed by atoms with van der Waals surface area (Å²) in [6.45, 7) is 0. The number of fused-ring (bicyclic) bond motifs is 1. The van der Waals surface area contributed by atoms with Gasteiger partial charge in [-0.3, -0.25) is 4.79 Å². The molecule has 0 aromatic heterocycles. The van der Waals surface area contributed by atoms with Gasteiger partial charge in [-0.2, -0.15) is 0 Å². The van der Waals surface area contributed by atoms with Gasteiger partial charge in [-0.05, 0) is 60.8 Å². The second-order valence-electron chi connectivity index (χ2n) is 5.63. The third-order valence-electron chi connectivity index (χ3n) is 4.56. The van der Waals surface area contributed by atoms with Gasteiger partial charge in [-0.15, -0.1) is 0 Å². The maximum atomic E-state index is 11.3. The van der Waals surface area contributed by atoms with Crippen LogP contribution in [0.15, 0.2) is 30.4 Å². The van der Waals surface area contributed by atoms with Gasteiger partial charge in [0, 0.05) is 6.42 Å². The van der Waals surface area contributed by atoms with E-state index >= 15 is 0 Å². The Bertz CT molecular complexity index is 516. The predicted octanol–water partition coefficient (Wildman–Crippen LogP) is 3.34. The maximum Gasteiger partial charge on any atom is 0.155 e. The van der Waals surface area contributed by atoms with E-state index in [-0.39, 0.29) is 5.78 Å². The molecule has 0 spiro atoms. The lowest BCUT2D eigenvalue weighted by atomic mass is 9.74. The average molecular weight is 256 g/mol. The van der Waals surface area contributed by atoms with Gasteiger partial charge >= 0.3 is 0 Å². The van der Waals surface area contributed by atoms with Crippen molar-refractivity contribution in [3.05, 3.63) is 41.5 Å². The normalized spacial score (nSPS) is 26.1. The summed E-state index contributed by atoms with van der Waals surface area (Å²) >= 11 is 0. The standard InChI is InChI=1S/C17H20O2/c1-19-17-4-2-3-14-11-13(7-10-16(14)17)12-5-8-15(18)9-6-12/h2-5,8,12-13H,6-7,9-11H2,1H3/t12-,13-/m1/s1. The molecule has 1 aromatic carbocycles. The smallest absolute Gasteiger partial charge is 0.155 e. The molecular formula is C17H20O2. The van der Waals surface area contributed by atoms with Crippen LogP contribution in [0.2, 0.25) is 0 Å². The highest BCUT2D eigenvalue weighted by Crippen LogP contribution is 2.37. The molecule has 0 saturated carbocycles. The first-order chi connectivity index (χ1) is 9.28. The van der Waals surface area contributed by atoms with Crippen LogP contribution in [-0.4, -0.2) is 12.9 Å². The third kappa shape index (κ3) is 2.44. The molecule has 0 radical (unpaired) electrons. The first kappa shape index (κ1) is 12.5. The molecule has 2 aliphatic carbocycles. The van der Waals surface area contributed by atoms with Crippen molar-refractivity contribution in [1.29, 1.82) is 0 Å². The van der Waals surface area contributed by atoms with Crippen LogP contribution in [0.1, 0.15) is 30.4 Å². The molecular weight excluding hydrogens is 236 g/mol. The molecule has 0 N–H and O–H groups in total. The molecule has 0 amide bonds. The number of hydrogen-bond donors (Lipinski definition) is 0. The summed E-state index contributed by atoms with van der Waals surface area (Å²) in [5.74, 6) is 2.58. The van der Waals surface area contributed by atoms with Crippen molar-refractivity contribution in [3.63, 3.8) is 0 Å². The summed E-state index contributed by atoms with van der Waals surface area (Å²) in [5, 5.41) is 0. The van der Waals surface area contributed by atoms with Crippen molar-refractivity contribution < 1.29 is 9.53 Å². The molecule has 2 heteroatoms. The summed E-state index contributed by atoms with van der Waals surface area (Å²) in [6.07, 6.45) is 9.10. The van der Waals surface area contributed by atoms with Gasteiger partial charge < -0.3 is 4.74 Å². The van der Waals surface area contributed by atoms with E-state index in [9.17, 15) is 4.79 Å². The lowest BCUT2D eigenvalue weighted by Crippen LogP contribution is -2.24. The molecule has 1 aromatic rings. The Labute approximate surface area is 114 Å².